The molecule has 0 spiro atoms. The van der Waals surface area contributed by atoms with Crippen LogP contribution in [0.2, 0.25) is 5.02 Å². The topological polar surface area (TPSA) is 44.5 Å². The van der Waals surface area contributed by atoms with Crippen molar-refractivity contribution in [2.24, 2.45) is 5.73 Å². The third-order valence-corrected chi connectivity index (χ3v) is 3.03. The zero-order valence-corrected chi connectivity index (χ0v) is 12.7. The number of nitrogens with two attached hydrogens (primary N) is 1. The molecule has 0 aliphatic carbocycles. The molecule has 20 heavy (non-hydrogen) atoms. The minimum atomic E-state index is 0. The van der Waals surface area contributed by atoms with Gasteiger partial charge < -0.3 is 15.2 Å². The average molecular weight is 314 g/mol. The molecule has 0 amide bonds. The van der Waals surface area contributed by atoms with E-state index in [1.54, 1.807) is 13.2 Å². The van der Waals surface area contributed by atoms with Gasteiger partial charge in [-0.15, -0.1) is 12.4 Å². The Morgan fingerprint density at radius 3 is 2.40 bits per heavy atom. The Morgan fingerprint density at radius 1 is 1.10 bits per heavy atom. The second kappa shape index (κ2) is 8.00. The highest BCUT2D eigenvalue weighted by molar-refractivity contribution is 6.30. The molecule has 0 fully saturated rings. The predicted octanol–water partition coefficient (Wildman–Crippen LogP) is 3.81. The van der Waals surface area contributed by atoms with Crippen LogP contribution in [-0.2, 0) is 13.2 Å². The number of methoxy groups -OCH3 is 1. The van der Waals surface area contributed by atoms with E-state index < -0.39 is 0 Å². The van der Waals surface area contributed by atoms with Crippen LogP contribution in [0.25, 0.3) is 0 Å². The summed E-state index contributed by atoms with van der Waals surface area (Å²) in [7, 11) is 1.65. The summed E-state index contributed by atoms with van der Waals surface area (Å²) < 4.78 is 10.9. The Hall–Kier alpha value is -1.42. The smallest absolute Gasteiger partial charge is 0.124 e. The van der Waals surface area contributed by atoms with Crippen molar-refractivity contribution in [1.29, 1.82) is 0 Å². The molecule has 0 radical (unpaired) electrons. The summed E-state index contributed by atoms with van der Waals surface area (Å²) in [6.45, 7) is 0.886. The molecule has 0 heterocycles. The van der Waals surface area contributed by atoms with Gasteiger partial charge in [0.1, 0.15) is 18.1 Å². The number of ether oxygens (including phenoxy) is 2. The van der Waals surface area contributed by atoms with Crippen LogP contribution in [0.5, 0.6) is 11.5 Å². The van der Waals surface area contributed by atoms with Gasteiger partial charge in [0.15, 0.2) is 0 Å². The van der Waals surface area contributed by atoms with Crippen LogP contribution in [0.1, 0.15) is 11.1 Å². The van der Waals surface area contributed by atoms with Crippen molar-refractivity contribution in [3.05, 3.63) is 58.6 Å². The van der Waals surface area contributed by atoms with Gasteiger partial charge in [-0.2, -0.15) is 0 Å². The summed E-state index contributed by atoms with van der Waals surface area (Å²) in [5.41, 5.74) is 7.64. The maximum absolute atomic E-state index is 5.92. The van der Waals surface area contributed by atoms with Gasteiger partial charge in [-0.1, -0.05) is 23.7 Å². The van der Waals surface area contributed by atoms with Crippen molar-refractivity contribution in [3.63, 3.8) is 0 Å². The molecule has 0 saturated heterocycles. The fourth-order valence-corrected chi connectivity index (χ4v) is 1.93. The van der Waals surface area contributed by atoms with Gasteiger partial charge in [-0.25, -0.2) is 0 Å². The van der Waals surface area contributed by atoms with Gasteiger partial charge in [0.05, 0.1) is 7.11 Å². The van der Waals surface area contributed by atoms with Gasteiger partial charge in [0.2, 0.25) is 0 Å². The van der Waals surface area contributed by atoms with E-state index in [1.165, 1.54) is 0 Å². The number of halogens is 2. The van der Waals surface area contributed by atoms with E-state index in [2.05, 4.69) is 0 Å². The number of rotatable bonds is 5. The lowest BCUT2D eigenvalue weighted by atomic mass is 10.2. The molecule has 0 aromatic heterocycles. The number of hydrogen-bond donors (Lipinski definition) is 1. The predicted molar refractivity (Wildman–Crippen MR) is 83.9 cm³/mol. The van der Waals surface area contributed by atoms with Gasteiger partial charge in [0.25, 0.3) is 0 Å². The second-order valence-corrected chi connectivity index (χ2v) is 4.53. The van der Waals surface area contributed by atoms with E-state index in [0.717, 1.165) is 22.6 Å². The van der Waals surface area contributed by atoms with Crippen LogP contribution < -0.4 is 15.2 Å². The summed E-state index contributed by atoms with van der Waals surface area (Å²) in [6.07, 6.45) is 0. The standard InChI is InChI=1S/C15H16ClNO2.ClH/c1-18-14-5-2-11(3-6-14)10-19-15-7-4-13(16)8-12(15)9-17;/h2-8H,9-10,17H2,1H3;1H. The molecular formula is C15H17Cl2NO2. The van der Waals surface area contributed by atoms with Crippen LogP contribution in [0, 0.1) is 0 Å². The van der Waals surface area contributed by atoms with Crippen LogP contribution in [0.3, 0.4) is 0 Å². The van der Waals surface area contributed by atoms with Crippen molar-refractivity contribution >= 4 is 24.0 Å². The molecule has 0 unspecified atom stereocenters. The largest absolute Gasteiger partial charge is 0.497 e. The fourth-order valence-electron chi connectivity index (χ4n) is 1.73. The Balaban J connectivity index is 0.00000200. The summed E-state index contributed by atoms with van der Waals surface area (Å²) in [5, 5.41) is 0.664. The lowest BCUT2D eigenvalue weighted by Gasteiger charge is -2.11. The Kier molecular flexibility index (Phi) is 6.65. The van der Waals surface area contributed by atoms with Crippen LogP contribution >= 0.6 is 24.0 Å². The number of benzene rings is 2. The lowest BCUT2D eigenvalue weighted by molar-refractivity contribution is 0.303. The molecule has 3 nitrogen and oxygen atoms in total. The van der Waals surface area contributed by atoms with Crippen molar-refractivity contribution in [2.75, 3.05) is 7.11 Å². The first kappa shape index (κ1) is 16.6. The Labute approximate surface area is 130 Å². The summed E-state index contributed by atoms with van der Waals surface area (Å²) in [5.74, 6) is 1.60. The molecule has 2 N–H and O–H groups in total. The highest BCUT2D eigenvalue weighted by Crippen LogP contribution is 2.23. The SMILES string of the molecule is COc1ccc(COc2ccc(Cl)cc2CN)cc1.Cl. The maximum Gasteiger partial charge on any atom is 0.124 e. The maximum atomic E-state index is 5.92. The van der Waals surface area contributed by atoms with E-state index in [9.17, 15) is 0 Å². The van der Waals surface area contributed by atoms with Crippen LogP contribution in [0.15, 0.2) is 42.5 Å². The highest BCUT2D eigenvalue weighted by atomic mass is 35.5. The molecule has 0 bridgehead atoms. The normalized spacial score (nSPS) is 9.75. The molecule has 0 aliphatic rings. The third kappa shape index (κ3) is 4.30. The van der Waals surface area contributed by atoms with Gasteiger partial charge >= 0.3 is 0 Å². The summed E-state index contributed by atoms with van der Waals surface area (Å²) >= 11 is 5.92. The molecular weight excluding hydrogens is 297 g/mol. The first-order valence-electron chi connectivity index (χ1n) is 5.97. The quantitative estimate of drug-likeness (QED) is 0.913. The number of hydrogen-bond acceptors (Lipinski definition) is 3. The molecule has 0 atom stereocenters. The highest BCUT2D eigenvalue weighted by Gasteiger charge is 2.04. The minimum Gasteiger partial charge on any atom is -0.497 e. The van der Waals surface area contributed by atoms with Crippen molar-refractivity contribution in [2.45, 2.75) is 13.2 Å². The van der Waals surface area contributed by atoms with Gasteiger partial charge in [-0.3, -0.25) is 0 Å². The van der Waals surface area contributed by atoms with Crippen molar-refractivity contribution in [1.82, 2.24) is 0 Å². The zero-order chi connectivity index (χ0) is 13.7. The van der Waals surface area contributed by atoms with E-state index in [1.807, 2.05) is 36.4 Å². The van der Waals surface area contributed by atoms with E-state index >= 15 is 0 Å². The molecule has 0 saturated carbocycles. The Bertz CT molecular complexity index is 544. The lowest BCUT2D eigenvalue weighted by Crippen LogP contribution is -2.02. The van der Waals surface area contributed by atoms with E-state index in [4.69, 9.17) is 26.8 Å². The monoisotopic (exact) mass is 313 g/mol. The van der Waals surface area contributed by atoms with E-state index in [-0.39, 0.29) is 12.4 Å². The van der Waals surface area contributed by atoms with E-state index in [0.29, 0.717) is 18.2 Å². The molecule has 0 aliphatic heterocycles. The molecule has 2 aromatic carbocycles. The average Bonchev–Trinajstić information content (AvgIpc) is 2.46. The summed E-state index contributed by atoms with van der Waals surface area (Å²) in [4.78, 5) is 0. The Morgan fingerprint density at radius 2 is 1.80 bits per heavy atom. The fraction of sp³-hybridized carbons (Fsp3) is 0.200. The van der Waals surface area contributed by atoms with Gasteiger partial charge in [-0.05, 0) is 35.9 Å². The third-order valence-electron chi connectivity index (χ3n) is 2.80. The zero-order valence-electron chi connectivity index (χ0n) is 11.1. The van der Waals surface area contributed by atoms with Crippen LogP contribution in [0.4, 0.5) is 0 Å². The van der Waals surface area contributed by atoms with Crippen molar-refractivity contribution < 1.29 is 9.47 Å². The second-order valence-electron chi connectivity index (χ2n) is 4.09. The molecule has 108 valence electrons. The molecule has 2 rings (SSSR count). The van der Waals surface area contributed by atoms with Gasteiger partial charge in [0, 0.05) is 17.1 Å². The minimum absolute atomic E-state index is 0. The first-order valence-corrected chi connectivity index (χ1v) is 6.35. The summed E-state index contributed by atoms with van der Waals surface area (Å²) in [6, 6.07) is 13.2. The molecule has 5 heteroatoms. The molecule has 2 aromatic rings. The first-order chi connectivity index (χ1) is 9.22. The van der Waals surface area contributed by atoms with Crippen molar-refractivity contribution in [3.8, 4) is 11.5 Å². The van der Waals surface area contributed by atoms with Crippen LogP contribution in [-0.4, -0.2) is 7.11 Å².